The van der Waals surface area contributed by atoms with Gasteiger partial charge in [-0.3, -0.25) is 4.79 Å². The van der Waals surface area contributed by atoms with Crippen molar-refractivity contribution in [2.45, 2.75) is 41.5 Å². The highest BCUT2D eigenvalue weighted by Gasteiger charge is 2.21. The molecule has 2 rings (SSSR count). The van der Waals surface area contributed by atoms with Gasteiger partial charge >= 0.3 is 0 Å². The molecule has 0 fully saturated rings. The summed E-state index contributed by atoms with van der Waals surface area (Å²) < 4.78 is 1.71. The van der Waals surface area contributed by atoms with Gasteiger partial charge in [0.1, 0.15) is 0 Å². The summed E-state index contributed by atoms with van der Waals surface area (Å²) in [6, 6.07) is 0. The predicted octanol–water partition coefficient (Wildman–Crippen LogP) is 2.57. The molecule has 0 aliphatic rings. The molecular weight excluding hydrogens is 266 g/mol. The maximum Gasteiger partial charge on any atom is 0.250 e. The van der Waals surface area contributed by atoms with E-state index in [1.54, 1.807) is 17.1 Å². The Morgan fingerprint density at radius 1 is 1.14 bits per heavy atom. The van der Waals surface area contributed by atoms with Crippen molar-refractivity contribution in [3.8, 4) is 5.95 Å². The van der Waals surface area contributed by atoms with Gasteiger partial charge in [0, 0.05) is 11.1 Å². The van der Waals surface area contributed by atoms with Gasteiger partial charge in [0.2, 0.25) is 5.91 Å². The molecule has 21 heavy (non-hydrogen) atoms. The lowest BCUT2D eigenvalue weighted by atomic mass is 9.96. The van der Waals surface area contributed by atoms with Crippen molar-refractivity contribution in [3.63, 3.8) is 0 Å². The van der Waals surface area contributed by atoms with Crippen LogP contribution in [0.2, 0.25) is 0 Å². The number of hydrogen-bond acceptors (Lipinski definition) is 4. The number of anilines is 1. The van der Waals surface area contributed by atoms with E-state index < -0.39 is 5.41 Å². The molecular formula is C15H21N5O. The first-order valence-electron chi connectivity index (χ1n) is 6.87. The normalized spacial score (nSPS) is 11.5. The second-order valence-electron chi connectivity index (χ2n) is 6.18. The molecule has 0 radical (unpaired) electrons. The lowest BCUT2D eigenvalue weighted by Crippen LogP contribution is -2.27. The number of nitrogens with one attached hydrogen (secondary N) is 1. The molecule has 0 atom stereocenters. The van der Waals surface area contributed by atoms with E-state index in [4.69, 9.17) is 0 Å². The van der Waals surface area contributed by atoms with Crippen molar-refractivity contribution in [1.29, 1.82) is 0 Å². The van der Waals surface area contributed by atoms with Gasteiger partial charge in [-0.2, -0.15) is 5.10 Å². The molecule has 0 aliphatic heterocycles. The molecule has 6 nitrogen and oxygen atoms in total. The minimum atomic E-state index is -0.453. The lowest BCUT2D eigenvalue weighted by Gasteiger charge is -2.17. The molecule has 2 aromatic heterocycles. The Kier molecular flexibility index (Phi) is 3.80. The molecule has 1 N–H and O–H groups in total. The van der Waals surface area contributed by atoms with E-state index in [1.165, 1.54) is 0 Å². The molecule has 2 aromatic rings. The first-order valence-corrected chi connectivity index (χ1v) is 6.87. The highest BCUT2D eigenvalue weighted by molar-refractivity contribution is 5.94. The summed E-state index contributed by atoms with van der Waals surface area (Å²) in [5, 5.41) is 7.21. The Balaban J connectivity index is 2.23. The Morgan fingerprint density at radius 2 is 1.71 bits per heavy atom. The molecule has 1 amide bonds. The molecule has 0 aromatic carbocycles. The molecule has 2 heterocycles. The molecule has 0 unspecified atom stereocenters. The number of amides is 1. The van der Waals surface area contributed by atoms with Crippen LogP contribution in [0.25, 0.3) is 5.95 Å². The molecule has 0 spiro atoms. The maximum absolute atomic E-state index is 11.9. The predicted molar refractivity (Wildman–Crippen MR) is 81.4 cm³/mol. The SMILES string of the molecule is Cc1nn(-c2ncc(NC(=O)C(C)(C)C)cn2)c(C)c1C. The van der Waals surface area contributed by atoms with Crippen LogP contribution < -0.4 is 5.32 Å². The van der Waals surface area contributed by atoms with Crippen molar-refractivity contribution in [1.82, 2.24) is 19.7 Å². The monoisotopic (exact) mass is 287 g/mol. The number of aryl methyl sites for hydroxylation is 1. The summed E-state index contributed by atoms with van der Waals surface area (Å²) >= 11 is 0. The average molecular weight is 287 g/mol. The first-order chi connectivity index (χ1) is 9.70. The van der Waals surface area contributed by atoms with E-state index in [0.29, 0.717) is 11.6 Å². The van der Waals surface area contributed by atoms with E-state index in [-0.39, 0.29) is 5.91 Å². The van der Waals surface area contributed by atoms with Crippen LogP contribution >= 0.6 is 0 Å². The Labute approximate surface area is 124 Å². The van der Waals surface area contributed by atoms with E-state index >= 15 is 0 Å². The van der Waals surface area contributed by atoms with Crippen molar-refractivity contribution < 1.29 is 4.79 Å². The summed E-state index contributed by atoms with van der Waals surface area (Å²) in [6.45, 7) is 11.5. The van der Waals surface area contributed by atoms with Gasteiger partial charge in [-0.15, -0.1) is 0 Å². The van der Waals surface area contributed by atoms with Gasteiger partial charge in [-0.1, -0.05) is 20.8 Å². The van der Waals surface area contributed by atoms with Crippen molar-refractivity contribution in [2.24, 2.45) is 5.41 Å². The van der Waals surface area contributed by atoms with Crippen LogP contribution in [0.1, 0.15) is 37.7 Å². The Bertz CT molecular complexity index is 665. The molecule has 112 valence electrons. The maximum atomic E-state index is 11.9. The van der Waals surface area contributed by atoms with Gasteiger partial charge in [-0.25, -0.2) is 14.6 Å². The van der Waals surface area contributed by atoms with Gasteiger partial charge in [0.25, 0.3) is 5.95 Å². The smallest absolute Gasteiger partial charge is 0.250 e. The third-order valence-electron chi connectivity index (χ3n) is 3.42. The fourth-order valence-electron chi connectivity index (χ4n) is 1.73. The highest BCUT2D eigenvalue weighted by Crippen LogP contribution is 2.18. The summed E-state index contributed by atoms with van der Waals surface area (Å²) in [7, 11) is 0. The van der Waals surface area contributed by atoms with E-state index in [1.807, 2.05) is 41.5 Å². The quantitative estimate of drug-likeness (QED) is 0.921. The van der Waals surface area contributed by atoms with Gasteiger partial charge in [-0.05, 0) is 26.3 Å². The van der Waals surface area contributed by atoms with Crippen LogP contribution in [-0.2, 0) is 4.79 Å². The van der Waals surface area contributed by atoms with Crippen molar-refractivity contribution in [2.75, 3.05) is 5.32 Å². The van der Waals surface area contributed by atoms with Crippen LogP contribution in [0.4, 0.5) is 5.69 Å². The van der Waals surface area contributed by atoms with Gasteiger partial charge < -0.3 is 5.32 Å². The molecule has 0 saturated heterocycles. The average Bonchev–Trinajstić information content (AvgIpc) is 2.66. The number of hydrogen-bond donors (Lipinski definition) is 1. The van der Waals surface area contributed by atoms with E-state index in [2.05, 4.69) is 20.4 Å². The lowest BCUT2D eigenvalue weighted by molar-refractivity contribution is -0.123. The fraction of sp³-hybridized carbons (Fsp3) is 0.467. The minimum Gasteiger partial charge on any atom is -0.323 e. The second kappa shape index (κ2) is 5.27. The minimum absolute atomic E-state index is 0.0687. The van der Waals surface area contributed by atoms with Crippen LogP contribution in [0, 0.1) is 26.2 Å². The Morgan fingerprint density at radius 3 is 2.14 bits per heavy atom. The van der Waals surface area contributed by atoms with E-state index in [9.17, 15) is 4.79 Å². The topological polar surface area (TPSA) is 72.7 Å². The van der Waals surface area contributed by atoms with Crippen molar-refractivity contribution >= 4 is 11.6 Å². The summed E-state index contributed by atoms with van der Waals surface area (Å²) in [5.41, 5.74) is 3.23. The zero-order valence-electron chi connectivity index (χ0n) is 13.4. The number of carbonyl (C=O) groups is 1. The van der Waals surface area contributed by atoms with Crippen molar-refractivity contribution in [3.05, 3.63) is 29.3 Å². The third-order valence-corrected chi connectivity index (χ3v) is 3.42. The van der Waals surface area contributed by atoms with E-state index in [0.717, 1.165) is 17.0 Å². The van der Waals surface area contributed by atoms with Crippen LogP contribution in [0.3, 0.4) is 0 Å². The van der Waals surface area contributed by atoms with Crippen LogP contribution in [-0.4, -0.2) is 25.7 Å². The molecule has 0 bridgehead atoms. The van der Waals surface area contributed by atoms with Gasteiger partial charge in [0.05, 0.1) is 23.8 Å². The standard InChI is InChI=1S/C15H21N5O/c1-9-10(2)19-20(11(9)3)14-16-7-12(8-17-14)18-13(21)15(4,5)6/h7-8H,1-6H3,(H,18,21). The number of aromatic nitrogens is 4. The third kappa shape index (κ3) is 3.09. The summed E-state index contributed by atoms with van der Waals surface area (Å²) in [4.78, 5) is 20.5. The second-order valence-corrected chi connectivity index (χ2v) is 6.18. The van der Waals surface area contributed by atoms with Crippen LogP contribution in [0.15, 0.2) is 12.4 Å². The fourth-order valence-corrected chi connectivity index (χ4v) is 1.73. The van der Waals surface area contributed by atoms with Crippen LogP contribution in [0.5, 0.6) is 0 Å². The molecule has 0 saturated carbocycles. The number of nitrogens with zero attached hydrogens (tertiary/aromatic N) is 4. The zero-order chi connectivity index (χ0) is 15.8. The zero-order valence-corrected chi connectivity index (χ0v) is 13.4. The summed E-state index contributed by atoms with van der Waals surface area (Å²) in [5.74, 6) is 0.429. The highest BCUT2D eigenvalue weighted by atomic mass is 16.2. The molecule has 0 aliphatic carbocycles. The number of rotatable bonds is 2. The first kappa shape index (κ1) is 15.2. The Hall–Kier alpha value is -2.24. The number of carbonyl (C=O) groups excluding carboxylic acids is 1. The van der Waals surface area contributed by atoms with Gasteiger partial charge in [0.15, 0.2) is 0 Å². The largest absolute Gasteiger partial charge is 0.323 e. The molecule has 6 heteroatoms. The summed E-state index contributed by atoms with van der Waals surface area (Å²) in [6.07, 6.45) is 3.19.